The normalized spacial score (nSPS) is 11.4. The van der Waals surface area contributed by atoms with Gasteiger partial charge in [-0.15, -0.1) is 0 Å². The first-order valence-electron chi connectivity index (χ1n) is 20.6. The van der Waals surface area contributed by atoms with Crippen LogP contribution in [0.5, 0.6) is 5.75 Å². The summed E-state index contributed by atoms with van der Waals surface area (Å²) >= 11 is 0. The lowest BCUT2D eigenvalue weighted by Crippen LogP contribution is -2.37. The molecule has 4 rings (SSSR count). The van der Waals surface area contributed by atoms with Gasteiger partial charge in [-0.3, -0.25) is 28.5 Å². The van der Waals surface area contributed by atoms with Crippen LogP contribution < -0.4 is 20.4 Å². The number of nitrogens with zero attached hydrogens (tertiary/aromatic N) is 3. The summed E-state index contributed by atoms with van der Waals surface area (Å²) in [5, 5.41) is 22.1. The van der Waals surface area contributed by atoms with Crippen LogP contribution in [0.15, 0.2) is 60.7 Å². The molecule has 17 nitrogen and oxygen atoms in total. The van der Waals surface area contributed by atoms with E-state index in [1.807, 2.05) is 28.8 Å². The van der Waals surface area contributed by atoms with Gasteiger partial charge in [-0.25, -0.2) is 4.79 Å². The smallest absolute Gasteiger partial charge is 0.345 e. The molecule has 1 aromatic heterocycles. The molecule has 0 spiro atoms. The predicted molar refractivity (Wildman–Crippen MR) is 230 cm³/mol. The van der Waals surface area contributed by atoms with E-state index in [1.165, 1.54) is 0 Å². The van der Waals surface area contributed by atoms with Crippen molar-refractivity contribution in [2.45, 2.75) is 78.2 Å². The Morgan fingerprint density at radius 1 is 0.710 bits per heavy atom. The maximum atomic E-state index is 14.1. The van der Waals surface area contributed by atoms with Gasteiger partial charge in [-0.1, -0.05) is 24.3 Å². The predicted octanol–water partition coefficient (Wildman–Crippen LogP) is 4.03. The molecule has 3 amide bonds. The molecular weight excluding hydrogens is 823 g/mol. The van der Waals surface area contributed by atoms with Gasteiger partial charge in [-0.2, -0.15) is 13.0 Å². The number of nitrogens with two attached hydrogens (primary N) is 1. The van der Waals surface area contributed by atoms with Gasteiger partial charge < -0.3 is 35.8 Å². The minimum Gasteiger partial charge on any atom is -0.481 e. The van der Waals surface area contributed by atoms with E-state index < -0.39 is 33.8 Å². The van der Waals surface area contributed by atoms with Crippen LogP contribution in [0.1, 0.15) is 89.6 Å². The molecule has 0 radical (unpaired) electrons. The number of esters is 1. The molecule has 0 unspecified atom stereocenters. The standard InChI is InChI=1S/C44H55N5O12S/c1-30-28-32(43(56)46-21-10-25-48(38(51)17-19-40(54)55)23-8-7-22-47(24-9-20-45)37(50)16-18-39(52)53)29-31(2)42(30)61-44(57)41-33-12-3-5-14-35(33)49(26-11-27-62(58,59)60)36-15-6-4-13-34(36)41/h3-6,12-15,28-29H,7-11,16-27,45H2,1-2H3,(H3-,46,52,53,54,55,56,58,59,60)/p+1. The number of para-hydroxylation sites is 2. The fraction of sp³-hybridized carbons (Fsp3) is 0.432. The van der Waals surface area contributed by atoms with Crippen molar-refractivity contribution in [2.24, 2.45) is 5.73 Å². The zero-order chi connectivity index (χ0) is 45.4. The Bertz CT molecular complexity index is 2310. The molecule has 6 N–H and O–H groups in total. The van der Waals surface area contributed by atoms with Crippen molar-refractivity contribution in [1.82, 2.24) is 15.1 Å². The van der Waals surface area contributed by atoms with Crippen molar-refractivity contribution in [2.75, 3.05) is 45.0 Å². The molecule has 0 bridgehead atoms. The molecule has 3 aromatic carbocycles. The summed E-state index contributed by atoms with van der Waals surface area (Å²) in [6, 6.07) is 17.6. The second-order valence-electron chi connectivity index (χ2n) is 15.0. The third-order valence-corrected chi connectivity index (χ3v) is 11.1. The topological polar surface area (TPSA) is 255 Å². The van der Waals surface area contributed by atoms with Crippen molar-refractivity contribution in [3.63, 3.8) is 0 Å². The van der Waals surface area contributed by atoms with E-state index in [2.05, 4.69) is 5.32 Å². The number of fused-ring (bicyclic) bond motifs is 2. The molecule has 0 aliphatic heterocycles. The first-order valence-corrected chi connectivity index (χ1v) is 22.2. The van der Waals surface area contributed by atoms with Gasteiger partial charge in [0.1, 0.15) is 5.75 Å². The van der Waals surface area contributed by atoms with Crippen LogP contribution in [-0.4, -0.2) is 114 Å². The molecule has 18 heteroatoms. The minimum absolute atomic E-state index is 0.124. The number of nitrogens with one attached hydrogen (secondary N) is 1. The number of hydrogen-bond donors (Lipinski definition) is 5. The van der Waals surface area contributed by atoms with Gasteiger partial charge in [0.25, 0.3) is 16.0 Å². The van der Waals surface area contributed by atoms with E-state index in [0.717, 1.165) is 0 Å². The van der Waals surface area contributed by atoms with Crippen LogP contribution in [0.2, 0.25) is 0 Å². The number of rotatable bonds is 25. The molecule has 0 atom stereocenters. The number of carboxylic acids is 2. The van der Waals surface area contributed by atoms with E-state index in [1.54, 1.807) is 60.0 Å². The van der Waals surface area contributed by atoms with Crippen LogP contribution >= 0.6 is 0 Å². The van der Waals surface area contributed by atoms with E-state index >= 15 is 0 Å². The Kier molecular flexibility index (Phi) is 18.3. The van der Waals surface area contributed by atoms with Crippen LogP contribution in [-0.2, 0) is 35.8 Å². The number of hydrogen-bond acceptors (Lipinski definition) is 10. The Hall–Kier alpha value is -5.98. The highest BCUT2D eigenvalue weighted by atomic mass is 32.2. The SMILES string of the molecule is Cc1cc(C(=O)NCCCN(CCCCN(CCCN)C(=O)CCC(=O)O)C(=O)CCC(=O)O)cc(C)c1OC(=O)c1c2ccccc2[n+](CCCS(=O)(=O)O)c2ccccc12. The van der Waals surface area contributed by atoms with E-state index in [9.17, 15) is 41.7 Å². The van der Waals surface area contributed by atoms with Crippen molar-refractivity contribution >= 4 is 67.6 Å². The summed E-state index contributed by atoms with van der Waals surface area (Å²) in [6.45, 7) is 5.56. The first-order chi connectivity index (χ1) is 29.5. The number of carbonyl (C=O) groups excluding carboxylic acids is 4. The Labute approximate surface area is 360 Å². The van der Waals surface area contributed by atoms with Gasteiger partial charge in [0.05, 0.1) is 34.9 Å². The number of ether oxygens (including phenoxy) is 1. The Balaban J connectivity index is 1.41. The summed E-state index contributed by atoms with van der Waals surface area (Å²) in [4.78, 5) is 78.2. The number of benzene rings is 3. The van der Waals surface area contributed by atoms with Crippen molar-refractivity contribution in [1.29, 1.82) is 0 Å². The molecule has 0 aliphatic carbocycles. The number of aliphatic carboxylic acids is 2. The van der Waals surface area contributed by atoms with Crippen LogP contribution in [0.4, 0.5) is 0 Å². The number of carboxylic acid groups (broad SMARTS) is 2. The lowest BCUT2D eigenvalue weighted by molar-refractivity contribution is -0.645. The molecule has 0 saturated carbocycles. The molecule has 0 saturated heterocycles. The van der Waals surface area contributed by atoms with Gasteiger partial charge in [-0.05, 0) is 81.5 Å². The largest absolute Gasteiger partial charge is 0.481 e. The number of pyridine rings is 1. The highest BCUT2D eigenvalue weighted by molar-refractivity contribution is 7.85. The molecule has 334 valence electrons. The van der Waals surface area contributed by atoms with Gasteiger partial charge in [0.15, 0.2) is 6.54 Å². The Morgan fingerprint density at radius 2 is 1.19 bits per heavy atom. The highest BCUT2D eigenvalue weighted by Gasteiger charge is 2.27. The van der Waals surface area contributed by atoms with Crippen molar-refractivity contribution in [3.05, 3.63) is 82.9 Å². The summed E-state index contributed by atoms with van der Waals surface area (Å²) < 4.78 is 40.1. The number of amides is 3. The van der Waals surface area contributed by atoms with Gasteiger partial charge in [0, 0.05) is 69.7 Å². The number of aromatic nitrogens is 1. The third kappa shape index (κ3) is 14.3. The Morgan fingerprint density at radius 3 is 1.68 bits per heavy atom. The van der Waals surface area contributed by atoms with Gasteiger partial charge in [0.2, 0.25) is 22.8 Å². The zero-order valence-corrected chi connectivity index (χ0v) is 36.0. The van der Waals surface area contributed by atoms with Crippen molar-refractivity contribution in [3.8, 4) is 5.75 Å². The van der Waals surface area contributed by atoms with E-state index in [-0.39, 0.29) is 75.2 Å². The summed E-state index contributed by atoms with van der Waals surface area (Å²) in [6.07, 6.45) is 1.17. The lowest BCUT2D eigenvalue weighted by atomic mass is 10.0. The third-order valence-electron chi connectivity index (χ3n) is 10.3. The first kappa shape index (κ1) is 48.7. The average Bonchev–Trinajstić information content (AvgIpc) is 3.22. The molecule has 62 heavy (non-hydrogen) atoms. The quantitative estimate of drug-likeness (QED) is 0.0158. The number of aryl methyl sites for hydroxylation is 3. The van der Waals surface area contributed by atoms with Crippen LogP contribution in [0.3, 0.4) is 0 Å². The van der Waals surface area contributed by atoms with Crippen molar-refractivity contribution < 1.29 is 61.3 Å². The number of unbranched alkanes of at least 4 members (excludes halogenated alkanes) is 1. The molecule has 4 aromatic rings. The van der Waals surface area contributed by atoms with Gasteiger partial charge >= 0.3 is 17.9 Å². The maximum absolute atomic E-state index is 14.1. The molecule has 0 fully saturated rings. The highest BCUT2D eigenvalue weighted by Crippen LogP contribution is 2.30. The zero-order valence-electron chi connectivity index (χ0n) is 35.1. The summed E-state index contributed by atoms with van der Waals surface area (Å²) in [5.41, 5.74) is 8.67. The minimum atomic E-state index is -4.16. The van der Waals surface area contributed by atoms with Crippen LogP contribution in [0.25, 0.3) is 21.8 Å². The molecule has 1 heterocycles. The molecule has 0 aliphatic rings. The van der Waals surface area contributed by atoms with E-state index in [4.69, 9.17) is 20.7 Å². The average molecular weight is 879 g/mol. The summed E-state index contributed by atoms with van der Waals surface area (Å²) in [5.74, 6) is -3.94. The van der Waals surface area contributed by atoms with Crippen LogP contribution in [0, 0.1) is 13.8 Å². The fourth-order valence-corrected chi connectivity index (χ4v) is 7.79. The molecular formula is C44H56N5O12S+. The fourth-order valence-electron chi connectivity index (χ4n) is 7.30. The van der Waals surface area contributed by atoms with E-state index in [0.29, 0.717) is 95.9 Å². The second kappa shape index (κ2) is 23.3. The lowest BCUT2D eigenvalue weighted by Gasteiger charge is -2.25. The maximum Gasteiger partial charge on any atom is 0.345 e. The summed E-state index contributed by atoms with van der Waals surface area (Å²) in [7, 11) is -4.16. The number of carbonyl (C=O) groups is 6. The monoisotopic (exact) mass is 878 g/mol. The second-order valence-corrected chi connectivity index (χ2v) is 16.6.